The molecule has 106 valence electrons. The average molecular weight is 268 g/mol. The number of hydrogen-bond acceptors (Lipinski definition) is 4. The van der Waals surface area contributed by atoms with E-state index in [0.29, 0.717) is 30.3 Å². The largest absolute Gasteiger partial charge is 0.497 e. The number of ether oxygens (including phenoxy) is 3. The van der Waals surface area contributed by atoms with Gasteiger partial charge in [-0.2, -0.15) is 0 Å². The Balaban J connectivity index is 2.53. The van der Waals surface area contributed by atoms with Gasteiger partial charge in [-0.3, -0.25) is 0 Å². The first-order valence-corrected chi connectivity index (χ1v) is 5.96. The molecule has 0 atom stereocenters. The fraction of sp³-hybridized carbons (Fsp3) is 0.462. The van der Waals surface area contributed by atoms with Crippen LogP contribution in [0, 0.1) is 0 Å². The Morgan fingerprint density at radius 1 is 1.11 bits per heavy atom. The molecule has 0 bridgehead atoms. The van der Waals surface area contributed by atoms with E-state index in [-0.39, 0.29) is 6.03 Å². The molecule has 0 spiro atoms. The minimum Gasteiger partial charge on any atom is -0.497 e. The van der Waals surface area contributed by atoms with E-state index in [0.717, 1.165) is 6.42 Å². The van der Waals surface area contributed by atoms with Gasteiger partial charge < -0.3 is 24.8 Å². The van der Waals surface area contributed by atoms with Crippen LogP contribution in [-0.2, 0) is 4.74 Å². The minimum absolute atomic E-state index is 0.272. The third kappa shape index (κ3) is 5.48. The molecule has 0 saturated heterocycles. The van der Waals surface area contributed by atoms with Crippen molar-refractivity contribution in [1.82, 2.24) is 5.32 Å². The molecule has 0 aliphatic rings. The van der Waals surface area contributed by atoms with Crippen LogP contribution in [0.25, 0.3) is 0 Å². The Bertz CT molecular complexity index is 387. The van der Waals surface area contributed by atoms with Crippen molar-refractivity contribution in [3.05, 3.63) is 18.2 Å². The lowest BCUT2D eigenvalue weighted by Gasteiger charge is -2.10. The molecule has 0 aliphatic carbocycles. The highest BCUT2D eigenvalue weighted by Gasteiger charge is 2.05. The van der Waals surface area contributed by atoms with Gasteiger partial charge in [0.2, 0.25) is 0 Å². The van der Waals surface area contributed by atoms with E-state index in [1.54, 1.807) is 39.5 Å². The molecule has 1 aromatic rings. The molecule has 2 amide bonds. The fourth-order valence-corrected chi connectivity index (χ4v) is 1.47. The minimum atomic E-state index is -0.272. The number of hydrogen-bond donors (Lipinski definition) is 2. The summed E-state index contributed by atoms with van der Waals surface area (Å²) in [4.78, 5) is 11.6. The van der Waals surface area contributed by atoms with Gasteiger partial charge in [0.1, 0.15) is 11.5 Å². The Labute approximate surface area is 113 Å². The third-order valence-electron chi connectivity index (χ3n) is 2.42. The predicted octanol–water partition coefficient (Wildman–Crippen LogP) is 1.86. The zero-order chi connectivity index (χ0) is 14.1. The normalized spacial score (nSPS) is 9.84. The first kappa shape index (κ1) is 15.1. The summed E-state index contributed by atoms with van der Waals surface area (Å²) in [5.41, 5.74) is 0.612. The molecule has 0 radical (unpaired) electrons. The van der Waals surface area contributed by atoms with Gasteiger partial charge in [-0.1, -0.05) is 0 Å². The fourth-order valence-electron chi connectivity index (χ4n) is 1.47. The molecule has 0 unspecified atom stereocenters. The molecule has 6 nitrogen and oxygen atoms in total. The van der Waals surface area contributed by atoms with E-state index >= 15 is 0 Å². The third-order valence-corrected chi connectivity index (χ3v) is 2.42. The van der Waals surface area contributed by atoms with Crippen molar-refractivity contribution in [2.75, 3.05) is 39.8 Å². The van der Waals surface area contributed by atoms with Crippen molar-refractivity contribution in [3.8, 4) is 11.5 Å². The molecule has 0 heterocycles. The maximum atomic E-state index is 11.6. The van der Waals surface area contributed by atoms with Crippen molar-refractivity contribution >= 4 is 11.7 Å². The van der Waals surface area contributed by atoms with Crippen LogP contribution in [0.1, 0.15) is 6.42 Å². The second kappa shape index (κ2) is 8.20. The summed E-state index contributed by atoms with van der Waals surface area (Å²) >= 11 is 0. The zero-order valence-corrected chi connectivity index (χ0v) is 11.5. The van der Waals surface area contributed by atoms with E-state index in [4.69, 9.17) is 14.2 Å². The summed E-state index contributed by atoms with van der Waals surface area (Å²) in [6.07, 6.45) is 0.769. The topological polar surface area (TPSA) is 68.8 Å². The van der Waals surface area contributed by atoms with E-state index in [9.17, 15) is 4.79 Å². The first-order valence-electron chi connectivity index (χ1n) is 5.96. The summed E-state index contributed by atoms with van der Waals surface area (Å²) in [7, 11) is 4.75. The van der Waals surface area contributed by atoms with Crippen LogP contribution < -0.4 is 20.1 Å². The molecular formula is C13H20N2O4. The van der Waals surface area contributed by atoms with Gasteiger partial charge in [0.15, 0.2) is 0 Å². The molecule has 0 fully saturated rings. The average Bonchev–Trinajstić information content (AvgIpc) is 2.43. The smallest absolute Gasteiger partial charge is 0.319 e. The van der Waals surface area contributed by atoms with Crippen LogP contribution in [0.2, 0.25) is 0 Å². The Morgan fingerprint density at radius 2 is 1.74 bits per heavy atom. The molecule has 1 rings (SSSR count). The molecule has 19 heavy (non-hydrogen) atoms. The number of carbonyl (C=O) groups is 1. The highest BCUT2D eigenvalue weighted by molar-refractivity contribution is 5.89. The lowest BCUT2D eigenvalue weighted by Crippen LogP contribution is -2.30. The van der Waals surface area contributed by atoms with Crippen LogP contribution in [0.5, 0.6) is 11.5 Å². The monoisotopic (exact) mass is 268 g/mol. The van der Waals surface area contributed by atoms with Crippen molar-refractivity contribution in [1.29, 1.82) is 0 Å². The Hall–Kier alpha value is -1.95. The van der Waals surface area contributed by atoms with E-state index in [1.165, 1.54) is 0 Å². The van der Waals surface area contributed by atoms with Gasteiger partial charge in [-0.25, -0.2) is 4.79 Å². The van der Waals surface area contributed by atoms with Gasteiger partial charge in [0, 0.05) is 44.1 Å². The molecule has 2 N–H and O–H groups in total. The SMILES string of the molecule is COCCCNC(=O)Nc1cc(OC)cc(OC)c1. The number of urea groups is 1. The summed E-state index contributed by atoms with van der Waals surface area (Å²) in [6, 6.07) is 4.90. The Morgan fingerprint density at radius 3 is 2.26 bits per heavy atom. The van der Waals surface area contributed by atoms with Crippen LogP contribution in [0.15, 0.2) is 18.2 Å². The quantitative estimate of drug-likeness (QED) is 0.741. The van der Waals surface area contributed by atoms with Crippen molar-refractivity contribution in [2.45, 2.75) is 6.42 Å². The number of methoxy groups -OCH3 is 3. The number of nitrogens with one attached hydrogen (secondary N) is 2. The highest BCUT2D eigenvalue weighted by atomic mass is 16.5. The summed E-state index contributed by atoms with van der Waals surface area (Å²) in [5, 5.41) is 5.45. The number of rotatable bonds is 7. The second-order valence-corrected chi connectivity index (χ2v) is 3.83. The molecule has 6 heteroatoms. The van der Waals surface area contributed by atoms with Crippen LogP contribution in [0.3, 0.4) is 0 Å². The molecule has 1 aromatic carbocycles. The van der Waals surface area contributed by atoms with Gasteiger partial charge in [-0.15, -0.1) is 0 Å². The lowest BCUT2D eigenvalue weighted by atomic mass is 10.3. The van der Waals surface area contributed by atoms with Gasteiger partial charge in [-0.05, 0) is 6.42 Å². The standard InChI is InChI=1S/C13H20N2O4/c1-17-6-4-5-14-13(16)15-10-7-11(18-2)9-12(8-10)19-3/h7-9H,4-6H2,1-3H3,(H2,14,15,16). The van der Waals surface area contributed by atoms with Crippen LogP contribution in [-0.4, -0.2) is 40.5 Å². The maximum absolute atomic E-state index is 11.6. The van der Waals surface area contributed by atoms with E-state index < -0.39 is 0 Å². The second-order valence-electron chi connectivity index (χ2n) is 3.83. The first-order chi connectivity index (χ1) is 9.19. The van der Waals surface area contributed by atoms with Crippen LogP contribution in [0.4, 0.5) is 10.5 Å². The zero-order valence-electron chi connectivity index (χ0n) is 11.5. The number of benzene rings is 1. The molecular weight excluding hydrogens is 248 g/mol. The Kier molecular flexibility index (Phi) is 6.52. The van der Waals surface area contributed by atoms with Gasteiger partial charge in [0.05, 0.1) is 14.2 Å². The van der Waals surface area contributed by atoms with E-state index in [1.807, 2.05) is 0 Å². The number of carbonyl (C=O) groups excluding carboxylic acids is 1. The van der Waals surface area contributed by atoms with E-state index in [2.05, 4.69) is 10.6 Å². The summed E-state index contributed by atoms with van der Waals surface area (Å²) < 4.78 is 15.1. The number of amides is 2. The molecule has 0 aromatic heterocycles. The summed E-state index contributed by atoms with van der Waals surface area (Å²) in [5.74, 6) is 1.24. The predicted molar refractivity (Wildman–Crippen MR) is 73.1 cm³/mol. The lowest BCUT2D eigenvalue weighted by molar-refractivity contribution is 0.194. The van der Waals surface area contributed by atoms with Crippen molar-refractivity contribution in [3.63, 3.8) is 0 Å². The van der Waals surface area contributed by atoms with Gasteiger partial charge in [0.25, 0.3) is 0 Å². The number of anilines is 1. The molecule has 0 aliphatic heterocycles. The highest BCUT2D eigenvalue weighted by Crippen LogP contribution is 2.25. The summed E-state index contributed by atoms with van der Waals surface area (Å²) in [6.45, 7) is 1.17. The maximum Gasteiger partial charge on any atom is 0.319 e. The molecule has 0 saturated carbocycles. The van der Waals surface area contributed by atoms with Gasteiger partial charge >= 0.3 is 6.03 Å². The van der Waals surface area contributed by atoms with Crippen LogP contribution >= 0.6 is 0 Å². The van der Waals surface area contributed by atoms with Crippen molar-refractivity contribution < 1.29 is 19.0 Å². The van der Waals surface area contributed by atoms with Crippen molar-refractivity contribution in [2.24, 2.45) is 0 Å².